The van der Waals surface area contributed by atoms with E-state index >= 15 is 0 Å². The summed E-state index contributed by atoms with van der Waals surface area (Å²) in [5.41, 5.74) is 1.81. The second-order valence-corrected chi connectivity index (χ2v) is 7.62. The number of aromatic nitrogens is 2. The number of fused-ring (bicyclic) bond motifs is 1. The Morgan fingerprint density at radius 1 is 1.42 bits per heavy atom. The van der Waals surface area contributed by atoms with E-state index in [2.05, 4.69) is 29.1 Å². The number of hydrogen-bond acceptors (Lipinski definition) is 4. The summed E-state index contributed by atoms with van der Waals surface area (Å²) in [6.45, 7) is 4.52. The van der Waals surface area contributed by atoms with E-state index in [1.54, 1.807) is 7.11 Å². The van der Waals surface area contributed by atoms with E-state index < -0.39 is 0 Å². The molecule has 1 heterocycles. The zero-order chi connectivity index (χ0) is 17.1. The van der Waals surface area contributed by atoms with Gasteiger partial charge in [-0.05, 0) is 30.4 Å². The summed E-state index contributed by atoms with van der Waals surface area (Å²) in [7, 11) is 1.64. The van der Waals surface area contributed by atoms with Gasteiger partial charge < -0.3 is 15.0 Å². The Kier molecular flexibility index (Phi) is 5.33. The van der Waals surface area contributed by atoms with Crippen molar-refractivity contribution in [3.05, 3.63) is 18.2 Å². The van der Waals surface area contributed by atoms with E-state index in [-0.39, 0.29) is 5.91 Å². The molecule has 0 spiro atoms. The van der Waals surface area contributed by atoms with Crippen LogP contribution in [0.3, 0.4) is 0 Å². The first-order valence-electron chi connectivity index (χ1n) is 8.52. The number of hydrogen-bond donors (Lipinski definition) is 2. The lowest BCUT2D eigenvalue weighted by molar-refractivity contribution is -0.120. The maximum absolute atomic E-state index is 12.3. The Balaban J connectivity index is 1.56. The highest BCUT2D eigenvalue weighted by Gasteiger charge is 2.28. The van der Waals surface area contributed by atoms with Crippen LogP contribution in [-0.4, -0.2) is 34.8 Å². The highest BCUT2D eigenvalue weighted by atomic mass is 32.2. The van der Waals surface area contributed by atoms with Gasteiger partial charge in [0.15, 0.2) is 5.16 Å². The standard InChI is InChI=1S/C18H25N3O2S/c1-11-5-4-6-14(12(11)2)19-17(22)10-24-18-20-15-8-7-13(23-3)9-16(15)21-18/h7-9,11-12,14H,4-6,10H2,1-3H3,(H,19,22)(H,20,21). The van der Waals surface area contributed by atoms with Gasteiger partial charge in [0.25, 0.3) is 0 Å². The summed E-state index contributed by atoms with van der Waals surface area (Å²) in [5, 5.41) is 3.96. The molecule has 5 nitrogen and oxygen atoms in total. The van der Waals surface area contributed by atoms with E-state index in [4.69, 9.17) is 4.74 Å². The summed E-state index contributed by atoms with van der Waals surface area (Å²) in [5.74, 6) is 2.49. The van der Waals surface area contributed by atoms with Crippen LogP contribution in [0.5, 0.6) is 5.75 Å². The molecule has 6 heteroatoms. The Morgan fingerprint density at radius 3 is 3.04 bits per heavy atom. The molecule has 1 aromatic heterocycles. The van der Waals surface area contributed by atoms with Crippen molar-refractivity contribution in [3.8, 4) is 5.75 Å². The molecule has 1 aliphatic rings. The van der Waals surface area contributed by atoms with E-state index in [1.165, 1.54) is 24.6 Å². The number of nitrogens with zero attached hydrogens (tertiary/aromatic N) is 1. The van der Waals surface area contributed by atoms with Gasteiger partial charge in [0.1, 0.15) is 5.75 Å². The number of benzene rings is 1. The third kappa shape index (κ3) is 3.86. The molecule has 1 saturated carbocycles. The predicted molar refractivity (Wildman–Crippen MR) is 97.5 cm³/mol. The summed E-state index contributed by atoms with van der Waals surface area (Å²) in [4.78, 5) is 20.0. The summed E-state index contributed by atoms with van der Waals surface area (Å²) in [6, 6.07) is 6.02. The second-order valence-electron chi connectivity index (χ2n) is 6.66. The van der Waals surface area contributed by atoms with Crippen molar-refractivity contribution in [3.63, 3.8) is 0 Å². The van der Waals surface area contributed by atoms with E-state index in [0.717, 1.165) is 28.4 Å². The number of thioether (sulfide) groups is 1. The van der Waals surface area contributed by atoms with Gasteiger partial charge in [-0.25, -0.2) is 4.98 Å². The molecular weight excluding hydrogens is 322 g/mol. The number of aromatic amines is 1. The molecule has 2 aromatic rings. The Hall–Kier alpha value is -1.69. The first kappa shape index (κ1) is 17.1. The fourth-order valence-electron chi connectivity index (χ4n) is 3.33. The number of methoxy groups -OCH3 is 1. The van der Waals surface area contributed by atoms with Crippen LogP contribution < -0.4 is 10.1 Å². The van der Waals surface area contributed by atoms with Crippen LogP contribution in [0.25, 0.3) is 11.0 Å². The Bertz CT molecular complexity index is 715. The van der Waals surface area contributed by atoms with Crippen LogP contribution in [0, 0.1) is 11.8 Å². The summed E-state index contributed by atoms with van der Waals surface area (Å²) in [6.07, 6.45) is 3.56. The molecule has 1 fully saturated rings. The van der Waals surface area contributed by atoms with Crippen molar-refractivity contribution < 1.29 is 9.53 Å². The van der Waals surface area contributed by atoms with Gasteiger partial charge in [-0.15, -0.1) is 0 Å². The lowest BCUT2D eigenvalue weighted by Crippen LogP contribution is -2.44. The quantitative estimate of drug-likeness (QED) is 0.811. The fourth-order valence-corrected chi connectivity index (χ4v) is 4.02. The predicted octanol–water partition coefficient (Wildman–Crippen LogP) is 3.60. The van der Waals surface area contributed by atoms with Gasteiger partial charge in [-0.1, -0.05) is 38.5 Å². The van der Waals surface area contributed by atoms with Crippen LogP contribution in [0.15, 0.2) is 23.4 Å². The third-order valence-electron chi connectivity index (χ3n) is 5.06. The van der Waals surface area contributed by atoms with Crippen molar-refractivity contribution in [2.45, 2.75) is 44.3 Å². The molecule has 0 radical (unpaired) electrons. The fraction of sp³-hybridized carbons (Fsp3) is 0.556. The topological polar surface area (TPSA) is 67.0 Å². The number of ether oxygens (including phenoxy) is 1. The number of rotatable bonds is 5. The zero-order valence-electron chi connectivity index (χ0n) is 14.5. The van der Waals surface area contributed by atoms with Crippen LogP contribution in [0.1, 0.15) is 33.1 Å². The zero-order valence-corrected chi connectivity index (χ0v) is 15.3. The van der Waals surface area contributed by atoms with Crippen LogP contribution in [0.4, 0.5) is 0 Å². The van der Waals surface area contributed by atoms with Crippen LogP contribution in [-0.2, 0) is 4.79 Å². The SMILES string of the molecule is COc1ccc2nc(SCC(=O)NC3CCCC(C)C3C)[nH]c2c1. The molecule has 0 saturated heterocycles. The monoisotopic (exact) mass is 347 g/mol. The van der Waals surface area contributed by atoms with Gasteiger partial charge in [0.2, 0.25) is 5.91 Å². The number of amides is 1. The third-order valence-corrected chi connectivity index (χ3v) is 5.93. The van der Waals surface area contributed by atoms with Gasteiger partial charge in [-0.3, -0.25) is 4.79 Å². The minimum absolute atomic E-state index is 0.0870. The average Bonchev–Trinajstić information content (AvgIpc) is 2.99. The number of H-pyrrole nitrogens is 1. The number of nitrogens with one attached hydrogen (secondary N) is 2. The smallest absolute Gasteiger partial charge is 0.230 e. The van der Waals surface area contributed by atoms with Gasteiger partial charge in [0, 0.05) is 12.1 Å². The molecule has 130 valence electrons. The average molecular weight is 347 g/mol. The van der Waals surface area contributed by atoms with E-state index in [0.29, 0.717) is 23.6 Å². The molecule has 3 unspecified atom stereocenters. The summed E-state index contributed by atoms with van der Waals surface area (Å²) < 4.78 is 5.21. The molecule has 1 amide bonds. The van der Waals surface area contributed by atoms with Gasteiger partial charge in [-0.2, -0.15) is 0 Å². The van der Waals surface area contributed by atoms with Crippen molar-refractivity contribution in [2.75, 3.05) is 12.9 Å². The Morgan fingerprint density at radius 2 is 2.25 bits per heavy atom. The van der Waals surface area contributed by atoms with E-state index in [1.807, 2.05) is 18.2 Å². The number of carbonyl (C=O) groups is 1. The molecule has 1 aromatic carbocycles. The van der Waals surface area contributed by atoms with Crippen LogP contribution >= 0.6 is 11.8 Å². The number of carbonyl (C=O) groups excluding carboxylic acids is 1. The van der Waals surface area contributed by atoms with Crippen molar-refractivity contribution in [2.24, 2.45) is 11.8 Å². The molecule has 3 atom stereocenters. The second kappa shape index (κ2) is 7.47. The molecule has 2 N–H and O–H groups in total. The lowest BCUT2D eigenvalue weighted by Gasteiger charge is -2.34. The number of imidazole rings is 1. The highest BCUT2D eigenvalue weighted by Crippen LogP contribution is 2.29. The molecule has 3 rings (SSSR count). The van der Waals surface area contributed by atoms with Crippen LogP contribution in [0.2, 0.25) is 0 Å². The molecule has 1 aliphatic carbocycles. The van der Waals surface area contributed by atoms with Crippen molar-refractivity contribution in [1.82, 2.24) is 15.3 Å². The molecule has 24 heavy (non-hydrogen) atoms. The maximum atomic E-state index is 12.3. The maximum Gasteiger partial charge on any atom is 0.230 e. The largest absolute Gasteiger partial charge is 0.497 e. The normalized spacial score (nSPS) is 24.0. The summed E-state index contributed by atoms with van der Waals surface area (Å²) >= 11 is 1.44. The minimum atomic E-state index is 0.0870. The highest BCUT2D eigenvalue weighted by molar-refractivity contribution is 7.99. The lowest BCUT2D eigenvalue weighted by atomic mass is 9.78. The van der Waals surface area contributed by atoms with Gasteiger partial charge in [0.05, 0.1) is 23.9 Å². The molecule has 0 bridgehead atoms. The molecule has 0 aliphatic heterocycles. The first-order valence-corrected chi connectivity index (χ1v) is 9.51. The minimum Gasteiger partial charge on any atom is -0.497 e. The van der Waals surface area contributed by atoms with Crippen molar-refractivity contribution in [1.29, 1.82) is 0 Å². The Labute approximate surface area is 146 Å². The van der Waals surface area contributed by atoms with Crippen molar-refractivity contribution >= 4 is 28.7 Å². The molecular formula is C18H25N3O2S. The van der Waals surface area contributed by atoms with E-state index in [9.17, 15) is 4.79 Å². The first-order chi connectivity index (χ1) is 11.6. The van der Waals surface area contributed by atoms with Gasteiger partial charge >= 0.3 is 0 Å².